The van der Waals surface area contributed by atoms with Gasteiger partial charge in [-0.3, -0.25) is 0 Å². The van der Waals surface area contributed by atoms with Crippen LogP contribution in [-0.4, -0.2) is 19.6 Å². The van der Waals surface area contributed by atoms with Crippen molar-refractivity contribution in [2.45, 2.75) is 26.2 Å². The molecule has 112 valence electrons. The number of nitrogens with one attached hydrogen (secondary N) is 2. The molecule has 0 atom stereocenters. The molecule has 0 amide bonds. The minimum atomic E-state index is 0.555. The van der Waals surface area contributed by atoms with Gasteiger partial charge < -0.3 is 10.6 Å². The fraction of sp³-hybridized carbons (Fsp3) is 0.368. The molecule has 0 spiro atoms. The number of benzene rings is 2. The van der Waals surface area contributed by atoms with E-state index in [0.717, 1.165) is 26.1 Å². The number of hydrogen-bond acceptors (Lipinski definition) is 2. The Kier molecular flexibility index (Phi) is 6.29. The summed E-state index contributed by atoms with van der Waals surface area (Å²) in [6.07, 6.45) is 1.09. The Morgan fingerprint density at radius 1 is 0.810 bits per heavy atom. The lowest BCUT2D eigenvalue weighted by atomic mass is 10.0. The van der Waals surface area contributed by atoms with Crippen LogP contribution in [-0.2, 0) is 6.42 Å². The first-order valence-electron chi connectivity index (χ1n) is 7.85. The van der Waals surface area contributed by atoms with Crippen molar-refractivity contribution in [2.75, 3.05) is 25.0 Å². The SMILES string of the molecule is CC(C)c1ccccc1NCCNCCc1ccccc1. The van der Waals surface area contributed by atoms with E-state index >= 15 is 0 Å². The summed E-state index contributed by atoms with van der Waals surface area (Å²) in [5, 5.41) is 7.02. The molecule has 0 heterocycles. The van der Waals surface area contributed by atoms with Gasteiger partial charge in [0.25, 0.3) is 0 Å². The van der Waals surface area contributed by atoms with Crippen LogP contribution in [0.4, 0.5) is 5.69 Å². The molecular weight excluding hydrogens is 256 g/mol. The van der Waals surface area contributed by atoms with Gasteiger partial charge in [0, 0.05) is 18.8 Å². The summed E-state index contributed by atoms with van der Waals surface area (Å²) in [5.74, 6) is 0.555. The second kappa shape index (κ2) is 8.48. The molecule has 0 radical (unpaired) electrons. The van der Waals surface area contributed by atoms with E-state index in [1.165, 1.54) is 16.8 Å². The molecule has 0 saturated carbocycles. The van der Waals surface area contributed by atoms with Crippen LogP contribution in [0.15, 0.2) is 54.6 Å². The van der Waals surface area contributed by atoms with Crippen molar-refractivity contribution in [3.8, 4) is 0 Å². The summed E-state index contributed by atoms with van der Waals surface area (Å²) in [6, 6.07) is 19.2. The van der Waals surface area contributed by atoms with Gasteiger partial charge in [0.15, 0.2) is 0 Å². The first kappa shape index (κ1) is 15.6. The number of hydrogen-bond donors (Lipinski definition) is 2. The molecule has 2 aromatic carbocycles. The normalized spacial score (nSPS) is 10.8. The van der Waals surface area contributed by atoms with Gasteiger partial charge in [-0.2, -0.15) is 0 Å². The summed E-state index contributed by atoms with van der Waals surface area (Å²) >= 11 is 0. The van der Waals surface area contributed by atoms with Crippen LogP contribution in [0.2, 0.25) is 0 Å². The van der Waals surface area contributed by atoms with Crippen LogP contribution in [0.5, 0.6) is 0 Å². The minimum Gasteiger partial charge on any atom is -0.384 e. The smallest absolute Gasteiger partial charge is 0.0375 e. The van der Waals surface area contributed by atoms with E-state index in [-0.39, 0.29) is 0 Å². The standard InChI is InChI=1S/C19H26N2/c1-16(2)18-10-6-7-11-19(18)21-15-14-20-13-12-17-8-4-3-5-9-17/h3-11,16,20-21H,12-15H2,1-2H3. The zero-order valence-electron chi connectivity index (χ0n) is 13.1. The lowest BCUT2D eigenvalue weighted by Gasteiger charge is -2.14. The van der Waals surface area contributed by atoms with E-state index in [1.54, 1.807) is 0 Å². The highest BCUT2D eigenvalue weighted by molar-refractivity contribution is 5.52. The van der Waals surface area contributed by atoms with Gasteiger partial charge >= 0.3 is 0 Å². The Balaban J connectivity index is 1.66. The van der Waals surface area contributed by atoms with Crippen molar-refractivity contribution in [3.63, 3.8) is 0 Å². The molecular formula is C19H26N2. The Morgan fingerprint density at radius 2 is 1.52 bits per heavy atom. The summed E-state index contributed by atoms with van der Waals surface area (Å²) in [5.41, 5.74) is 4.04. The zero-order valence-corrected chi connectivity index (χ0v) is 13.1. The molecule has 2 N–H and O–H groups in total. The molecule has 2 rings (SSSR count). The number of rotatable bonds is 8. The fourth-order valence-corrected chi connectivity index (χ4v) is 2.45. The van der Waals surface area contributed by atoms with Crippen molar-refractivity contribution in [1.29, 1.82) is 0 Å². The highest BCUT2D eigenvalue weighted by Crippen LogP contribution is 2.23. The van der Waals surface area contributed by atoms with Crippen molar-refractivity contribution in [2.24, 2.45) is 0 Å². The third kappa shape index (κ3) is 5.24. The highest BCUT2D eigenvalue weighted by atomic mass is 14.9. The van der Waals surface area contributed by atoms with E-state index < -0.39 is 0 Å². The quantitative estimate of drug-likeness (QED) is 0.714. The molecule has 2 nitrogen and oxygen atoms in total. The molecule has 21 heavy (non-hydrogen) atoms. The largest absolute Gasteiger partial charge is 0.384 e. The van der Waals surface area contributed by atoms with E-state index in [0.29, 0.717) is 5.92 Å². The average molecular weight is 282 g/mol. The second-order valence-electron chi connectivity index (χ2n) is 5.65. The van der Waals surface area contributed by atoms with Crippen molar-refractivity contribution in [3.05, 3.63) is 65.7 Å². The Hall–Kier alpha value is -1.80. The predicted molar refractivity (Wildman–Crippen MR) is 92.0 cm³/mol. The fourth-order valence-electron chi connectivity index (χ4n) is 2.45. The van der Waals surface area contributed by atoms with Crippen LogP contribution in [0.3, 0.4) is 0 Å². The summed E-state index contributed by atoms with van der Waals surface area (Å²) in [6.45, 7) is 7.44. The molecule has 2 heteroatoms. The molecule has 0 aliphatic heterocycles. The maximum absolute atomic E-state index is 3.53. The highest BCUT2D eigenvalue weighted by Gasteiger charge is 2.04. The Labute approximate surface area is 128 Å². The van der Waals surface area contributed by atoms with Crippen molar-refractivity contribution < 1.29 is 0 Å². The lowest BCUT2D eigenvalue weighted by Crippen LogP contribution is -2.24. The minimum absolute atomic E-state index is 0.555. The molecule has 2 aromatic rings. The summed E-state index contributed by atoms with van der Waals surface area (Å²) < 4.78 is 0. The Bertz CT molecular complexity index is 520. The van der Waals surface area contributed by atoms with Gasteiger partial charge in [0.05, 0.1) is 0 Å². The van der Waals surface area contributed by atoms with E-state index in [2.05, 4.69) is 79.1 Å². The first-order valence-corrected chi connectivity index (χ1v) is 7.85. The molecule has 0 fully saturated rings. The van der Waals surface area contributed by atoms with E-state index in [4.69, 9.17) is 0 Å². The molecule has 0 aliphatic rings. The third-order valence-electron chi connectivity index (χ3n) is 3.63. The maximum Gasteiger partial charge on any atom is 0.0375 e. The predicted octanol–water partition coefficient (Wildman–Crippen LogP) is 4.05. The zero-order chi connectivity index (χ0) is 14.9. The van der Waals surface area contributed by atoms with Gasteiger partial charge in [-0.1, -0.05) is 62.4 Å². The maximum atomic E-state index is 3.53. The van der Waals surface area contributed by atoms with Gasteiger partial charge in [0.1, 0.15) is 0 Å². The van der Waals surface area contributed by atoms with Gasteiger partial charge in [-0.15, -0.1) is 0 Å². The van der Waals surface area contributed by atoms with Crippen molar-refractivity contribution in [1.82, 2.24) is 5.32 Å². The third-order valence-corrected chi connectivity index (χ3v) is 3.63. The summed E-state index contributed by atoms with van der Waals surface area (Å²) in [7, 11) is 0. The van der Waals surface area contributed by atoms with Crippen LogP contribution in [0.25, 0.3) is 0 Å². The molecule has 0 aromatic heterocycles. The second-order valence-corrected chi connectivity index (χ2v) is 5.65. The van der Waals surface area contributed by atoms with E-state index in [9.17, 15) is 0 Å². The van der Waals surface area contributed by atoms with Gasteiger partial charge in [-0.25, -0.2) is 0 Å². The Morgan fingerprint density at radius 3 is 2.29 bits per heavy atom. The van der Waals surface area contributed by atoms with Gasteiger partial charge in [-0.05, 0) is 36.1 Å². The monoisotopic (exact) mass is 282 g/mol. The molecule has 0 aliphatic carbocycles. The molecule has 0 saturated heterocycles. The van der Waals surface area contributed by atoms with Crippen LogP contribution >= 0.6 is 0 Å². The van der Waals surface area contributed by atoms with Crippen LogP contribution in [0, 0.1) is 0 Å². The molecule has 0 bridgehead atoms. The first-order chi connectivity index (χ1) is 10.3. The topological polar surface area (TPSA) is 24.1 Å². The molecule has 0 unspecified atom stereocenters. The van der Waals surface area contributed by atoms with Crippen LogP contribution in [0.1, 0.15) is 30.9 Å². The van der Waals surface area contributed by atoms with E-state index in [1.807, 2.05) is 0 Å². The summed E-state index contributed by atoms with van der Waals surface area (Å²) in [4.78, 5) is 0. The lowest BCUT2D eigenvalue weighted by molar-refractivity contribution is 0.698. The van der Waals surface area contributed by atoms with Gasteiger partial charge in [0.2, 0.25) is 0 Å². The number of para-hydroxylation sites is 1. The number of anilines is 1. The van der Waals surface area contributed by atoms with Crippen LogP contribution < -0.4 is 10.6 Å². The van der Waals surface area contributed by atoms with Crippen molar-refractivity contribution >= 4 is 5.69 Å². The average Bonchev–Trinajstić information content (AvgIpc) is 2.52.